The van der Waals surface area contributed by atoms with Crippen LogP contribution in [-0.4, -0.2) is 42.3 Å². The molecule has 90 valence electrons. The maximum absolute atomic E-state index is 14.3. The van der Waals surface area contributed by atoms with E-state index in [4.69, 9.17) is 0 Å². The van der Waals surface area contributed by atoms with Gasteiger partial charge < -0.3 is 10.2 Å². The van der Waals surface area contributed by atoms with Crippen molar-refractivity contribution in [2.75, 3.05) is 19.6 Å². The Kier molecular flexibility index (Phi) is 4.53. The number of likely N-dealkylation sites (tertiary alicyclic amines) is 1. The van der Waals surface area contributed by atoms with Crippen LogP contribution >= 0.6 is 0 Å². The zero-order valence-electron chi connectivity index (χ0n) is 10.5. The zero-order chi connectivity index (χ0) is 11.5. The minimum absolute atomic E-state index is 0.376. The standard InChI is InChI=1S/C12H25FN2/c1-10(2)14-9-12(13)5-7-15(8-6-12)11(3)4/h10-11,14H,5-9H2,1-4H3. The maximum Gasteiger partial charge on any atom is 0.125 e. The molecule has 1 heterocycles. The number of nitrogens with one attached hydrogen (secondary N) is 1. The van der Waals surface area contributed by atoms with E-state index in [1.54, 1.807) is 0 Å². The van der Waals surface area contributed by atoms with Crippen LogP contribution in [0.25, 0.3) is 0 Å². The van der Waals surface area contributed by atoms with Crippen LogP contribution in [0, 0.1) is 0 Å². The first-order chi connectivity index (χ1) is 6.93. The molecule has 0 atom stereocenters. The quantitative estimate of drug-likeness (QED) is 0.775. The Morgan fingerprint density at radius 2 is 1.73 bits per heavy atom. The Morgan fingerprint density at radius 3 is 2.13 bits per heavy atom. The van der Waals surface area contributed by atoms with Crippen LogP contribution in [0.15, 0.2) is 0 Å². The molecular weight excluding hydrogens is 191 g/mol. The topological polar surface area (TPSA) is 15.3 Å². The maximum atomic E-state index is 14.3. The smallest absolute Gasteiger partial charge is 0.125 e. The van der Waals surface area contributed by atoms with E-state index in [2.05, 4.69) is 37.9 Å². The van der Waals surface area contributed by atoms with Crippen molar-refractivity contribution in [1.29, 1.82) is 0 Å². The van der Waals surface area contributed by atoms with E-state index in [1.807, 2.05) is 0 Å². The molecule has 3 heteroatoms. The number of hydrogen-bond donors (Lipinski definition) is 1. The minimum Gasteiger partial charge on any atom is -0.311 e. The molecule has 1 fully saturated rings. The van der Waals surface area contributed by atoms with Crippen molar-refractivity contribution in [1.82, 2.24) is 10.2 Å². The van der Waals surface area contributed by atoms with E-state index in [0.717, 1.165) is 13.1 Å². The minimum atomic E-state index is -0.977. The summed E-state index contributed by atoms with van der Waals surface area (Å²) in [5, 5.41) is 3.21. The van der Waals surface area contributed by atoms with E-state index in [0.29, 0.717) is 31.5 Å². The molecule has 1 aliphatic heterocycles. The molecule has 0 aliphatic carbocycles. The normalized spacial score (nSPS) is 22.6. The molecule has 0 amide bonds. The molecule has 0 radical (unpaired) electrons. The average Bonchev–Trinajstić information content (AvgIpc) is 2.16. The van der Waals surface area contributed by atoms with E-state index in [1.165, 1.54) is 0 Å². The number of nitrogens with zero attached hydrogens (tertiary/aromatic N) is 1. The molecule has 1 aliphatic rings. The number of rotatable bonds is 4. The first kappa shape index (κ1) is 12.9. The van der Waals surface area contributed by atoms with Crippen LogP contribution in [0.3, 0.4) is 0 Å². The van der Waals surface area contributed by atoms with Gasteiger partial charge in [0.2, 0.25) is 0 Å². The molecule has 0 aromatic heterocycles. The van der Waals surface area contributed by atoms with Crippen LogP contribution in [0.4, 0.5) is 4.39 Å². The SMILES string of the molecule is CC(C)NCC1(F)CCN(C(C)C)CC1. The lowest BCUT2D eigenvalue weighted by atomic mass is 9.92. The largest absolute Gasteiger partial charge is 0.311 e. The third kappa shape index (κ3) is 4.07. The molecule has 0 saturated carbocycles. The highest BCUT2D eigenvalue weighted by molar-refractivity contribution is 4.89. The van der Waals surface area contributed by atoms with Gasteiger partial charge in [0.05, 0.1) is 0 Å². The second kappa shape index (κ2) is 5.26. The number of halogens is 1. The molecule has 0 bridgehead atoms. The van der Waals surface area contributed by atoms with Gasteiger partial charge in [0.25, 0.3) is 0 Å². The van der Waals surface area contributed by atoms with Crippen molar-refractivity contribution >= 4 is 0 Å². The van der Waals surface area contributed by atoms with E-state index in [9.17, 15) is 4.39 Å². The predicted molar refractivity (Wildman–Crippen MR) is 62.9 cm³/mol. The number of piperidine rings is 1. The first-order valence-electron chi connectivity index (χ1n) is 6.09. The third-order valence-corrected chi connectivity index (χ3v) is 3.25. The highest BCUT2D eigenvalue weighted by Crippen LogP contribution is 2.26. The van der Waals surface area contributed by atoms with Gasteiger partial charge in [0, 0.05) is 31.7 Å². The van der Waals surface area contributed by atoms with Crippen LogP contribution in [0.1, 0.15) is 40.5 Å². The number of alkyl halides is 1. The Balaban J connectivity index is 2.34. The lowest BCUT2D eigenvalue weighted by Crippen LogP contribution is -2.49. The first-order valence-corrected chi connectivity index (χ1v) is 6.09. The van der Waals surface area contributed by atoms with Gasteiger partial charge in [-0.3, -0.25) is 0 Å². The Morgan fingerprint density at radius 1 is 1.20 bits per heavy atom. The Bertz CT molecular complexity index is 184. The van der Waals surface area contributed by atoms with Crippen molar-refractivity contribution in [3.05, 3.63) is 0 Å². The van der Waals surface area contributed by atoms with Gasteiger partial charge in [-0.05, 0) is 26.7 Å². The van der Waals surface area contributed by atoms with Crippen LogP contribution in [0.5, 0.6) is 0 Å². The van der Waals surface area contributed by atoms with Gasteiger partial charge in [0.1, 0.15) is 5.67 Å². The van der Waals surface area contributed by atoms with Gasteiger partial charge in [-0.1, -0.05) is 13.8 Å². The molecular formula is C12H25FN2. The highest BCUT2D eigenvalue weighted by atomic mass is 19.1. The lowest BCUT2D eigenvalue weighted by molar-refractivity contribution is 0.0438. The zero-order valence-corrected chi connectivity index (χ0v) is 10.5. The second-order valence-corrected chi connectivity index (χ2v) is 5.32. The summed E-state index contributed by atoms with van der Waals surface area (Å²) in [6.45, 7) is 10.8. The van der Waals surface area contributed by atoms with Gasteiger partial charge in [-0.2, -0.15) is 0 Å². The predicted octanol–water partition coefficient (Wildman–Crippen LogP) is 2.20. The summed E-state index contributed by atoms with van der Waals surface area (Å²) in [6, 6.07) is 0.924. The summed E-state index contributed by atoms with van der Waals surface area (Å²) in [5.41, 5.74) is -0.977. The molecule has 0 spiro atoms. The molecule has 2 nitrogen and oxygen atoms in total. The lowest BCUT2D eigenvalue weighted by Gasteiger charge is -2.38. The molecule has 1 N–H and O–H groups in total. The van der Waals surface area contributed by atoms with Crippen molar-refractivity contribution in [3.8, 4) is 0 Å². The van der Waals surface area contributed by atoms with Crippen LogP contribution < -0.4 is 5.32 Å². The summed E-state index contributed by atoms with van der Waals surface area (Å²) >= 11 is 0. The summed E-state index contributed by atoms with van der Waals surface area (Å²) in [7, 11) is 0. The molecule has 1 saturated heterocycles. The summed E-state index contributed by atoms with van der Waals surface area (Å²) in [5.74, 6) is 0. The fourth-order valence-corrected chi connectivity index (χ4v) is 2.00. The molecule has 0 unspecified atom stereocenters. The van der Waals surface area contributed by atoms with E-state index >= 15 is 0 Å². The van der Waals surface area contributed by atoms with E-state index < -0.39 is 5.67 Å². The van der Waals surface area contributed by atoms with Crippen molar-refractivity contribution in [2.24, 2.45) is 0 Å². The van der Waals surface area contributed by atoms with E-state index in [-0.39, 0.29) is 0 Å². The van der Waals surface area contributed by atoms with Crippen molar-refractivity contribution in [2.45, 2.75) is 58.3 Å². The van der Waals surface area contributed by atoms with Crippen molar-refractivity contribution in [3.63, 3.8) is 0 Å². The van der Waals surface area contributed by atoms with Gasteiger partial charge in [0.15, 0.2) is 0 Å². The fourth-order valence-electron chi connectivity index (χ4n) is 2.00. The summed E-state index contributed by atoms with van der Waals surface area (Å²) < 4.78 is 14.3. The monoisotopic (exact) mass is 216 g/mol. The van der Waals surface area contributed by atoms with Crippen LogP contribution in [-0.2, 0) is 0 Å². The second-order valence-electron chi connectivity index (χ2n) is 5.32. The van der Waals surface area contributed by atoms with Gasteiger partial charge >= 0.3 is 0 Å². The summed E-state index contributed by atoms with van der Waals surface area (Å²) in [4.78, 5) is 2.35. The molecule has 0 aromatic carbocycles. The number of hydrogen-bond acceptors (Lipinski definition) is 2. The summed E-state index contributed by atoms with van der Waals surface area (Å²) in [6.07, 6.45) is 1.34. The Labute approximate surface area is 93.2 Å². The van der Waals surface area contributed by atoms with Crippen molar-refractivity contribution < 1.29 is 4.39 Å². The van der Waals surface area contributed by atoms with Gasteiger partial charge in [-0.15, -0.1) is 0 Å². The molecule has 15 heavy (non-hydrogen) atoms. The molecule has 0 aromatic rings. The molecule has 1 rings (SSSR count). The fraction of sp³-hybridized carbons (Fsp3) is 1.00. The highest BCUT2D eigenvalue weighted by Gasteiger charge is 2.34. The van der Waals surface area contributed by atoms with Crippen LogP contribution in [0.2, 0.25) is 0 Å². The third-order valence-electron chi connectivity index (χ3n) is 3.25. The Hall–Kier alpha value is -0.150. The average molecular weight is 216 g/mol. The van der Waals surface area contributed by atoms with Gasteiger partial charge in [-0.25, -0.2) is 4.39 Å².